The smallest absolute Gasteiger partial charge is 0.346 e. The van der Waals surface area contributed by atoms with Crippen molar-refractivity contribution in [3.05, 3.63) is 46.0 Å². The zero-order chi connectivity index (χ0) is 15.2. The summed E-state index contributed by atoms with van der Waals surface area (Å²) < 4.78 is 4.74. The molecule has 0 heterocycles. The fraction of sp³-hybridized carbons (Fsp3) is 0.462. The number of nitrogens with zero attached hydrogens (tertiary/aromatic N) is 1. The maximum Gasteiger partial charge on any atom is 0.346 e. The molecule has 0 bridgehead atoms. The molecule has 0 amide bonds. The fourth-order valence-electron chi connectivity index (χ4n) is 1.73. The van der Waals surface area contributed by atoms with E-state index in [1.807, 2.05) is 30.3 Å². The summed E-state index contributed by atoms with van der Waals surface area (Å²) in [5.41, 5.74) is -1.35. The first kappa shape index (κ1) is 16.6. The van der Waals surface area contributed by atoms with Crippen LogP contribution in [0.25, 0.3) is 0 Å². The van der Waals surface area contributed by atoms with Gasteiger partial charge in [-0.15, -0.1) is 0 Å². The summed E-state index contributed by atoms with van der Waals surface area (Å²) in [5, 5.41) is 21.0. The van der Waals surface area contributed by atoms with Crippen LogP contribution in [-0.4, -0.2) is 39.6 Å². The second-order valence-corrected chi connectivity index (χ2v) is 5.40. The lowest BCUT2D eigenvalue weighted by molar-refractivity contribution is -0.497. The molecule has 0 radical (unpaired) electrons. The minimum absolute atomic E-state index is 0.0456. The van der Waals surface area contributed by atoms with Gasteiger partial charge >= 0.3 is 5.97 Å². The lowest BCUT2D eigenvalue weighted by Gasteiger charge is -2.26. The fourth-order valence-corrected chi connectivity index (χ4v) is 2.44. The molecule has 1 N–H and O–H groups in total. The molecule has 0 fully saturated rings. The van der Waals surface area contributed by atoms with E-state index < -0.39 is 27.9 Å². The van der Waals surface area contributed by atoms with Crippen LogP contribution in [0.1, 0.15) is 12.5 Å². The third-order valence-corrected chi connectivity index (χ3v) is 3.86. The number of esters is 1. The lowest BCUT2D eigenvalue weighted by Crippen LogP contribution is -2.53. The highest BCUT2D eigenvalue weighted by Crippen LogP contribution is 2.24. The van der Waals surface area contributed by atoms with Crippen molar-refractivity contribution in [3.8, 4) is 0 Å². The van der Waals surface area contributed by atoms with Gasteiger partial charge in [0.15, 0.2) is 0 Å². The molecule has 0 aromatic heterocycles. The minimum atomic E-state index is -2.20. The van der Waals surface area contributed by atoms with Crippen LogP contribution in [0, 0.1) is 10.1 Å². The van der Waals surface area contributed by atoms with E-state index in [0.29, 0.717) is 0 Å². The third kappa shape index (κ3) is 4.28. The maximum atomic E-state index is 11.8. The molecule has 0 aliphatic rings. The Kier molecular flexibility index (Phi) is 6.09. The number of ether oxygens (including phenoxy) is 1. The van der Waals surface area contributed by atoms with E-state index in [1.54, 1.807) is 6.92 Å². The van der Waals surface area contributed by atoms with Crippen molar-refractivity contribution in [2.24, 2.45) is 0 Å². The summed E-state index contributed by atoms with van der Waals surface area (Å²) in [7, 11) is 0. The van der Waals surface area contributed by atoms with Crippen LogP contribution < -0.4 is 0 Å². The third-order valence-electron chi connectivity index (χ3n) is 2.77. The van der Waals surface area contributed by atoms with Gasteiger partial charge in [0.1, 0.15) is 0 Å². The van der Waals surface area contributed by atoms with Gasteiger partial charge in [0.2, 0.25) is 12.1 Å². The lowest BCUT2D eigenvalue weighted by atomic mass is 9.94. The van der Waals surface area contributed by atoms with Gasteiger partial charge in [-0.25, -0.2) is 4.79 Å². The summed E-state index contributed by atoms with van der Waals surface area (Å²) in [6, 6.07) is 9.08. The van der Waals surface area contributed by atoms with Gasteiger partial charge in [-0.1, -0.05) is 46.3 Å². The molecule has 20 heavy (non-hydrogen) atoms. The average Bonchev–Trinajstić information content (AvgIpc) is 2.39. The highest BCUT2D eigenvalue weighted by Gasteiger charge is 2.49. The normalized spacial score (nSPS) is 15.2. The molecule has 0 saturated heterocycles. The van der Waals surface area contributed by atoms with E-state index in [4.69, 9.17) is 4.74 Å². The van der Waals surface area contributed by atoms with Crippen LogP contribution >= 0.6 is 15.9 Å². The van der Waals surface area contributed by atoms with Crippen molar-refractivity contribution in [1.29, 1.82) is 0 Å². The number of alkyl halides is 1. The Morgan fingerprint density at radius 2 is 2.10 bits per heavy atom. The molecule has 0 saturated carbocycles. The van der Waals surface area contributed by atoms with E-state index in [2.05, 4.69) is 15.9 Å². The van der Waals surface area contributed by atoms with Gasteiger partial charge in [0.05, 0.1) is 11.4 Å². The molecule has 7 heteroatoms. The average molecular weight is 346 g/mol. The number of halogens is 1. The Balaban J connectivity index is 2.92. The van der Waals surface area contributed by atoms with Crippen LogP contribution in [0.15, 0.2) is 30.3 Å². The van der Waals surface area contributed by atoms with Crippen LogP contribution in [0.5, 0.6) is 0 Å². The molecule has 2 atom stereocenters. The van der Waals surface area contributed by atoms with Gasteiger partial charge in [0.25, 0.3) is 0 Å². The number of nitro groups is 1. The Hall–Kier alpha value is -1.47. The number of carbonyl (C=O) groups excluding carboxylic acids is 1. The molecule has 110 valence electrons. The molecule has 6 nitrogen and oxygen atoms in total. The Morgan fingerprint density at radius 3 is 2.60 bits per heavy atom. The van der Waals surface area contributed by atoms with Crippen LogP contribution in [0.2, 0.25) is 0 Å². The SMILES string of the molecule is CCOC(=O)[C@](O)(C[N+](=O)[O-])[C@H](Br)Cc1ccccc1. The van der Waals surface area contributed by atoms with Gasteiger partial charge < -0.3 is 9.84 Å². The van der Waals surface area contributed by atoms with Crippen molar-refractivity contribution >= 4 is 21.9 Å². The Labute approximate surface area is 125 Å². The highest BCUT2D eigenvalue weighted by molar-refractivity contribution is 9.09. The predicted octanol–water partition coefficient (Wildman–Crippen LogP) is 1.56. The quantitative estimate of drug-likeness (QED) is 0.350. The predicted molar refractivity (Wildman–Crippen MR) is 76.3 cm³/mol. The van der Waals surface area contributed by atoms with Gasteiger partial charge in [-0.3, -0.25) is 10.1 Å². The van der Waals surface area contributed by atoms with Crippen molar-refractivity contribution < 1.29 is 19.6 Å². The molecule has 0 spiro atoms. The number of hydrogen-bond donors (Lipinski definition) is 1. The molecular formula is C13H16BrNO5. The van der Waals surface area contributed by atoms with Crippen molar-refractivity contribution in [2.45, 2.75) is 23.8 Å². The van der Waals surface area contributed by atoms with Gasteiger partial charge in [-0.2, -0.15) is 0 Å². The first-order valence-corrected chi connectivity index (χ1v) is 7.01. The number of benzene rings is 1. The molecule has 1 aromatic carbocycles. The highest BCUT2D eigenvalue weighted by atomic mass is 79.9. The summed E-state index contributed by atoms with van der Waals surface area (Å²) >= 11 is 3.18. The van der Waals surface area contributed by atoms with Crippen LogP contribution in [0.3, 0.4) is 0 Å². The van der Waals surface area contributed by atoms with Crippen LogP contribution in [-0.2, 0) is 16.0 Å². The minimum Gasteiger partial charge on any atom is -0.464 e. The zero-order valence-corrected chi connectivity index (χ0v) is 12.6. The molecular weight excluding hydrogens is 330 g/mol. The molecule has 0 unspecified atom stereocenters. The number of carbonyl (C=O) groups is 1. The molecule has 1 rings (SSSR count). The monoisotopic (exact) mass is 345 g/mol. The van der Waals surface area contributed by atoms with E-state index in [-0.39, 0.29) is 13.0 Å². The summed E-state index contributed by atoms with van der Waals surface area (Å²) in [4.78, 5) is 21.0. The Bertz CT molecular complexity index is 467. The Morgan fingerprint density at radius 1 is 1.50 bits per heavy atom. The maximum absolute atomic E-state index is 11.8. The summed E-state index contributed by atoms with van der Waals surface area (Å²) in [6.45, 7) is 0.712. The largest absolute Gasteiger partial charge is 0.464 e. The van der Waals surface area contributed by atoms with Crippen molar-refractivity contribution in [1.82, 2.24) is 0 Å². The first-order chi connectivity index (χ1) is 9.40. The standard InChI is InChI=1S/C13H16BrNO5/c1-2-20-12(16)13(17,9-15(18)19)11(14)8-10-6-4-3-5-7-10/h3-7,11,17H,2,8-9H2,1H3/t11-,13+/m1/s1. The van der Waals surface area contributed by atoms with Crippen molar-refractivity contribution in [3.63, 3.8) is 0 Å². The molecule has 1 aromatic rings. The second kappa shape index (κ2) is 7.35. The van der Waals surface area contributed by atoms with E-state index in [9.17, 15) is 20.0 Å². The number of aliphatic hydroxyl groups is 1. The first-order valence-electron chi connectivity index (χ1n) is 6.09. The topological polar surface area (TPSA) is 89.7 Å². The molecule has 0 aliphatic carbocycles. The summed E-state index contributed by atoms with van der Waals surface area (Å²) in [5.74, 6) is -0.991. The van der Waals surface area contributed by atoms with Gasteiger partial charge in [0, 0.05) is 4.92 Å². The van der Waals surface area contributed by atoms with Gasteiger partial charge in [-0.05, 0) is 18.9 Å². The zero-order valence-electron chi connectivity index (χ0n) is 11.0. The second-order valence-electron chi connectivity index (χ2n) is 4.29. The van der Waals surface area contributed by atoms with Crippen molar-refractivity contribution in [2.75, 3.05) is 13.2 Å². The van der Waals surface area contributed by atoms with E-state index in [1.165, 1.54) is 0 Å². The summed E-state index contributed by atoms with van der Waals surface area (Å²) in [6.07, 6.45) is 0.268. The number of rotatable bonds is 7. The van der Waals surface area contributed by atoms with Crippen LogP contribution in [0.4, 0.5) is 0 Å². The number of hydrogen-bond acceptors (Lipinski definition) is 5. The molecule has 0 aliphatic heterocycles. The van der Waals surface area contributed by atoms with E-state index >= 15 is 0 Å². The van der Waals surface area contributed by atoms with E-state index in [0.717, 1.165) is 5.56 Å².